The van der Waals surface area contributed by atoms with Gasteiger partial charge in [0.25, 0.3) is 0 Å². The fraction of sp³-hybridized carbons (Fsp3) is 0.600. The summed E-state index contributed by atoms with van der Waals surface area (Å²) in [4.78, 5) is 28.1. The minimum atomic E-state index is -0.270. The van der Waals surface area contributed by atoms with E-state index in [-0.39, 0.29) is 18.5 Å². The van der Waals surface area contributed by atoms with Crippen LogP contribution in [0.5, 0.6) is 0 Å². The van der Waals surface area contributed by atoms with Gasteiger partial charge in [-0.1, -0.05) is 30.3 Å². The number of nitrogens with zero attached hydrogens (tertiary/aromatic N) is 2. The Hall–Kier alpha value is -2.12. The van der Waals surface area contributed by atoms with E-state index in [1.807, 2.05) is 0 Å². The molecule has 3 N–H and O–H groups in total. The fourth-order valence-corrected chi connectivity index (χ4v) is 3.25. The lowest BCUT2D eigenvalue weighted by Gasteiger charge is -2.34. The van der Waals surface area contributed by atoms with Crippen molar-refractivity contribution < 1.29 is 9.59 Å². The average molecular weight is 374 g/mol. The highest BCUT2D eigenvalue weighted by atomic mass is 16.2. The van der Waals surface area contributed by atoms with Gasteiger partial charge in [-0.3, -0.25) is 9.69 Å². The predicted molar refractivity (Wildman–Crippen MR) is 105 cm³/mol. The molecule has 0 bridgehead atoms. The summed E-state index contributed by atoms with van der Waals surface area (Å²) in [6.07, 6.45) is 3.03. The summed E-state index contributed by atoms with van der Waals surface area (Å²) < 4.78 is 0. The standard InChI is InChI=1S/C20H31N5O2/c26-19(23-18-7-8-18)15-22-20(27)21-9-4-10-24-11-13-25(14-12-24)16-17-5-2-1-3-6-17/h1-3,5-6,18H,4,7-16H2,(H,23,26)(H2,21,22,27). The van der Waals surface area contributed by atoms with Crippen LogP contribution in [0.4, 0.5) is 4.79 Å². The molecule has 1 heterocycles. The Kier molecular flexibility index (Phi) is 7.47. The SMILES string of the molecule is O=C(CNC(=O)NCCCN1CCN(Cc2ccccc2)CC1)NC1CC1. The highest BCUT2D eigenvalue weighted by Crippen LogP contribution is 2.18. The average Bonchev–Trinajstić information content (AvgIpc) is 3.50. The van der Waals surface area contributed by atoms with Crippen molar-refractivity contribution in [1.29, 1.82) is 0 Å². The van der Waals surface area contributed by atoms with Gasteiger partial charge < -0.3 is 20.9 Å². The summed E-state index contributed by atoms with van der Waals surface area (Å²) in [6, 6.07) is 10.7. The van der Waals surface area contributed by atoms with Crippen molar-refractivity contribution in [2.75, 3.05) is 45.8 Å². The van der Waals surface area contributed by atoms with Crippen LogP contribution in [-0.4, -0.2) is 73.6 Å². The van der Waals surface area contributed by atoms with Gasteiger partial charge in [-0.05, 0) is 31.4 Å². The van der Waals surface area contributed by atoms with Gasteiger partial charge in [0.1, 0.15) is 0 Å². The molecule has 1 saturated heterocycles. The minimum absolute atomic E-state index is 0.0473. The summed E-state index contributed by atoms with van der Waals surface area (Å²) in [6.45, 7) is 6.98. The number of benzene rings is 1. The maximum Gasteiger partial charge on any atom is 0.315 e. The summed E-state index contributed by atoms with van der Waals surface area (Å²) in [5, 5.41) is 8.27. The molecule has 0 aromatic heterocycles. The first kappa shape index (κ1) is 19.6. The summed E-state index contributed by atoms with van der Waals surface area (Å²) in [5.74, 6) is -0.110. The van der Waals surface area contributed by atoms with Gasteiger partial charge in [0.2, 0.25) is 5.91 Å². The molecule has 27 heavy (non-hydrogen) atoms. The highest BCUT2D eigenvalue weighted by molar-refractivity contribution is 5.84. The van der Waals surface area contributed by atoms with Crippen LogP contribution < -0.4 is 16.0 Å². The zero-order valence-corrected chi connectivity index (χ0v) is 16.0. The third-order valence-corrected chi connectivity index (χ3v) is 5.00. The van der Waals surface area contributed by atoms with Crippen LogP contribution >= 0.6 is 0 Å². The minimum Gasteiger partial charge on any atom is -0.352 e. The second kappa shape index (κ2) is 10.3. The molecule has 1 saturated carbocycles. The Bertz CT molecular complexity index is 598. The maximum absolute atomic E-state index is 11.7. The fourth-order valence-electron chi connectivity index (χ4n) is 3.25. The molecule has 0 spiro atoms. The molecule has 1 aliphatic heterocycles. The van der Waals surface area contributed by atoms with Crippen molar-refractivity contribution in [1.82, 2.24) is 25.8 Å². The van der Waals surface area contributed by atoms with Crippen molar-refractivity contribution in [3.05, 3.63) is 35.9 Å². The largest absolute Gasteiger partial charge is 0.352 e. The van der Waals surface area contributed by atoms with Crippen LogP contribution in [0, 0.1) is 0 Å². The molecule has 0 unspecified atom stereocenters. The first-order valence-corrected chi connectivity index (χ1v) is 9.99. The molecule has 148 valence electrons. The van der Waals surface area contributed by atoms with Gasteiger partial charge in [-0.2, -0.15) is 0 Å². The third-order valence-electron chi connectivity index (χ3n) is 5.00. The van der Waals surface area contributed by atoms with Gasteiger partial charge in [0.05, 0.1) is 6.54 Å². The molecule has 2 aliphatic rings. The van der Waals surface area contributed by atoms with E-state index in [1.165, 1.54) is 5.56 Å². The topological polar surface area (TPSA) is 76.7 Å². The zero-order valence-electron chi connectivity index (χ0n) is 16.0. The lowest BCUT2D eigenvalue weighted by atomic mass is 10.2. The molecule has 3 amide bonds. The predicted octanol–water partition coefficient (Wildman–Crippen LogP) is 0.772. The van der Waals surface area contributed by atoms with Crippen molar-refractivity contribution in [2.24, 2.45) is 0 Å². The van der Waals surface area contributed by atoms with Crippen molar-refractivity contribution in [3.63, 3.8) is 0 Å². The smallest absolute Gasteiger partial charge is 0.315 e. The molecule has 7 nitrogen and oxygen atoms in total. The molecule has 2 fully saturated rings. The highest BCUT2D eigenvalue weighted by Gasteiger charge is 2.23. The molecule has 7 heteroatoms. The van der Waals surface area contributed by atoms with Gasteiger partial charge in [-0.15, -0.1) is 0 Å². The number of hydrogen-bond donors (Lipinski definition) is 3. The van der Waals surface area contributed by atoms with Gasteiger partial charge in [0.15, 0.2) is 0 Å². The second-order valence-corrected chi connectivity index (χ2v) is 7.41. The summed E-state index contributed by atoms with van der Waals surface area (Å²) >= 11 is 0. The van der Waals surface area contributed by atoms with Gasteiger partial charge >= 0.3 is 6.03 Å². The number of carbonyl (C=O) groups excluding carboxylic acids is 2. The molecule has 0 atom stereocenters. The van der Waals surface area contributed by atoms with Crippen LogP contribution in [0.15, 0.2) is 30.3 Å². The number of nitrogens with one attached hydrogen (secondary N) is 3. The Morgan fingerprint density at radius 3 is 2.37 bits per heavy atom. The molecule has 3 rings (SSSR count). The van der Waals surface area contributed by atoms with Crippen LogP contribution in [0.2, 0.25) is 0 Å². The maximum atomic E-state index is 11.7. The Morgan fingerprint density at radius 1 is 0.963 bits per heavy atom. The Morgan fingerprint density at radius 2 is 1.67 bits per heavy atom. The zero-order chi connectivity index (χ0) is 18.9. The van der Waals surface area contributed by atoms with E-state index in [9.17, 15) is 9.59 Å². The monoisotopic (exact) mass is 373 g/mol. The first-order valence-electron chi connectivity index (χ1n) is 9.99. The molecule has 1 aromatic carbocycles. The van der Waals surface area contributed by atoms with E-state index in [0.29, 0.717) is 12.6 Å². The Labute approximate surface area is 161 Å². The number of hydrogen-bond acceptors (Lipinski definition) is 4. The summed E-state index contributed by atoms with van der Waals surface area (Å²) in [5.41, 5.74) is 1.37. The van der Waals surface area contributed by atoms with E-state index >= 15 is 0 Å². The van der Waals surface area contributed by atoms with Gasteiger partial charge in [0, 0.05) is 45.3 Å². The van der Waals surface area contributed by atoms with Gasteiger partial charge in [-0.25, -0.2) is 4.79 Å². The molecule has 1 aromatic rings. The van der Waals surface area contributed by atoms with E-state index in [4.69, 9.17) is 0 Å². The normalized spacial score (nSPS) is 18.1. The summed E-state index contributed by atoms with van der Waals surface area (Å²) in [7, 11) is 0. The number of rotatable bonds is 9. The van der Waals surface area contributed by atoms with Crippen molar-refractivity contribution in [3.8, 4) is 0 Å². The number of carbonyl (C=O) groups is 2. The van der Waals surface area contributed by atoms with E-state index in [2.05, 4.69) is 56.1 Å². The second-order valence-electron chi connectivity index (χ2n) is 7.41. The molecular formula is C20H31N5O2. The van der Waals surface area contributed by atoms with E-state index in [1.54, 1.807) is 0 Å². The quantitative estimate of drug-likeness (QED) is 0.559. The third kappa shape index (κ3) is 7.56. The lowest BCUT2D eigenvalue weighted by Crippen LogP contribution is -2.47. The van der Waals surface area contributed by atoms with Crippen LogP contribution in [0.3, 0.4) is 0 Å². The number of urea groups is 1. The van der Waals surface area contributed by atoms with E-state index < -0.39 is 0 Å². The van der Waals surface area contributed by atoms with Crippen LogP contribution in [0.25, 0.3) is 0 Å². The lowest BCUT2D eigenvalue weighted by molar-refractivity contribution is -0.120. The number of piperazine rings is 1. The van der Waals surface area contributed by atoms with Crippen molar-refractivity contribution >= 4 is 11.9 Å². The number of amides is 3. The van der Waals surface area contributed by atoms with Crippen molar-refractivity contribution in [2.45, 2.75) is 31.8 Å². The van der Waals surface area contributed by atoms with Crippen LogP contribution in [0.1, 0.15) is 24.8 Å². The molecular weight excluding hydrogens is 342 g/mol. The Balaban J connectivity index is 1.20. The molecule has 1 aliphatic carbocycles. The first-order chi connectivity index (χ1) is 13.2. The van der Waals surface area contributed by atoms with E-state index in [0.717, 1.165) is 58.5 Å². The van der Waals surface area contributed by atoms with Crippen LogP contribution in [-0.2, 0) is 11.3 Å². The molecule has 0 radical (unpaired) electrons.